The molecule has 2 aliphatic rings. The van der Waals surface area contributed by atoms with Gasteiger partial charge in [0.1, 0.15) is 29.0 Å². The van der Waals surface area contributed by atoms with E-state index < -0.39 is 48.8 Å². The molecule has 2 fully saturated rings. The number of carbonyl (C=O) groups excluding carboxylic acids is 3. The summed E-state index contributed by atoms with van der Waals surface area (Å²) in [7, 11) is -7.76. The standard InChI is InChI=1S/C20H20ClFN2O4S.C20H21FN2O5S.Cl3OP/c1-14(25)28-16-9-11-24(12-10-16)29(26,27)17-7-8-19(22)18(13-17)20(21)23-15-5-3-2-4-6-15;1-14(24)28-16-9-11-23(12-10-16)29(26,27)17-7-8-19(21)18(13-17)20(25)22-15-5-3-2-4-6-15;1-5(2,3)4/h2-8,13,16H,9-12H2,1H3;2-8,13,16H,9-12H2,1H3,(H,22,25);. The van der Waals surface area contributed by atoms with Crippen molar-refractivity contribution in [1.82, 2.24) is 8.61 Å². The average Bonchev–Trinajstić information content (AvgIpc) is 3.21. The lowest BCUT2D eigenvalue weighted by Crippen LogP contribution is -2.41. The van der Waals surface area contributed by atoms with Gasteiger partial charge in [0.2, 0.25) is 20.0 Å². The van der Waals surface area contributed by atoms with Crippen molar-refractivity contribution in [2.75, 3.05) is 31.5 Å². The van der Waals surface area contributed by atoms with Gasteiger partial charge < -0.3 is 14.8 Å². The number of halogens is 6. The second-order valence-electron chi connectivity index (χ2n) is 13.7. The molecule has 2 heterocycles. The highest BCUT2D eigenvalue weighted by Crippen LogP contribution is 2.61. The number of benzene rings is 4. The molecule has 0 saturated carbocycles. The summed E-state index contributed by atoms with van der Waals surface area (Å²) in [6.45, 7) is 3.39. The summed E-state index contributed by atoms with van der Waals surface area (Å²) in [5.41, 5.74) is 0.548. The van der Waals surface area contributed by atoms with Crippen LogP contribution in [0.2, 0.25) is 0 Å². The summed E-state index contributed by atoms with van der Waals surface area (Å²) < 4.78 is 103. The monoisotopic (exact) mass is 1010 g/mol. The summed E-state index contributed by atoms with van der Waals surface area (Å²) >= 11 is 20.0. The summed E-state index contributed by atoms with van der Waals surface area (Å²) in [5.74, 6) is -3.01. The van der Waals surface area contributed by atoms with Gasteiger partial charge in [-0.1, -0.05) is 48.0 Å². The number of amides is 1. The van der Waals surface area contributed by atoms with Gasteiger partial charge in [-0.05, 0) is 120 Å². The van der Waals surface area contributed by atoms with Crippen LogP contribution in [0.4, 0.5) is 20.2 Å². The Bertz CT molecular complexity index is 2540. The maximum absolute atomic E-state index is 14.3. The lowest BCUT2D eigenvalue weighted by Gasteiger charge is -2.30. The third-order valence-corrected chi connectivity index (χ3v) is 13.2. The molecule has 6 rings (SSSR count). The van der Waals surface area contributed by atoms with Gasteiger partial charge in [0, 0.05) is 51.3 Å². The minimum Gasteiger partial charge on any atom is -0.462 e. The SMILES string of the molecule is CC(=O)OC1CCN(S(=O)(=O)c2ccc(F)c(C(=O)Nc3ccccc3)c2)CC1.CC(=O)OC1CCN(S(=O)(=O)c2ccc(F)c(C(Cl)=Nc3ccccc3)c2)CC1.O=P(Cl)(Cl)Cl. The Morgan fingerprint density at radius 2 is 1.05 bits per heavy atom. The van der Waals surface area contributed by atoms with Crippen LogP contribution in [0.15, 0.2) is 112 Å². The lowest BCUT2D eigenvalue weighted by molar-refractivity contribution is -0.148. The zero-order chi connectivity index (χ0) is 46.5. The molecule has 0 aromatic heterocycles. The topological polar surface area (TPSA) is 186 Å². The zero-order valence-corrected chi connectivity index (χ0v) is 39.1. The number of hydrogen-bond donors (Lipinski definition) is 1. The number of esters is 2. The quantitative estimate of drug-likeness (QED) is 0.0911. The zero-order valence-electron chi connectivity index (χ0n) is 33.5. The first-order valence-electron chi connectivity index (χ1n) is 18.8. The molecule has 23 heteroatoms. The van der Waals surface area contributed by atoms with E-state index in [9.17, 15) is 44.6 Å². The van der Waals surface area contributed by atoms with Crippen LogP contribution in [-0.2, 0) is 43.7 Å². The van der Waals surface area contributed by atoms with E-state index in [2.05, 4.69) is 44.0 Å². The molecule has 340 valence electrons. The molecule has 2 saturated heterocycles. The van der Waals surface area contributed by atoms with Crippen molar-refractivity contribution in [3.8, 4) is 0 Å². The molecule has 4 aromatic carbocycles. The number of hydrogen-bond acceptors (Lipinski definition) is 11. The Balaban J connectivity index is 0.000000250. The normalized spacial score (nSPS) is 15.8. The van der Waals surface area contributed by atoms with Gasteiger partial charge >= 0.3 is 17.1 Å². The van der Waals surface area contributed by atoms with Crippen molar-refractivity contribution in [2.24, 2.45) is 4.99 Å². The van der Waals surface area contributed by atoms with Crippen LogP contribution in [0, 0.1) is 11.6 Å². The minimum atomic E-state index is -3.91. The van der Waals surface area contributed by atoms with Gasteiger partial charge in [0.25, 0.3) is 5.91 Å². The van der Waals surface area contributed by atoms with E-state index in [0.29, 0.717) is 37.1 Å². The van der Waals surface area contributed by atoms with Crippen LogP contribution < -0.4 is 5.32 Å². The summed E-state index contributed by atoms with van der Waals surface area (Å²) in [5, 5.41) is -0.816. The molecule has 0 bridgehead atoms. The molecule has 0 atom stereocenters. The smallest absolute Gasteiger partial charge is 0.339 e. The predicted octanol–water partition coefficient (Wildman–Crippen LogP) is 9.46. The van der Waals surface area contributed by atoms with Gasteiger partial charge in [-0.3, -0.25) is 18.9 Å². The number of piperidine rings is 2. The molecule has 0 aliphatic carbocycles. The van der Waals surface area contributed by atoms with Crippen LogP contribution in [0.1, 0.15) is 55.5 Å². The molecule has 4 aromatic rings. The number of aliphatic imine (C=N–C) groups is 1. The molecule has 63 heavy (non-hydrogen) atoms. The van der Waals surface area contributed by atoms with Gasteiger partial charge in [0.05, 0.1) is 21.0 Å². The molecular formula is C40H41Cl4F2N4O10PS2. The highest BCUT2D eigenvalue weighted by atomic mass is 36.0. The summed E-state index contributed by atoms with van der Waals surface area (Å²) in [4.78, 5) is 38.5. The van der Waals surface area contributed by atoms with Gasteiger partial charge in [-0.15, -0.1) is 0 Å². The Kier molecular flexibility index (Phi) is 19.1. The number of ether oxygens (including phenoxy) is 2. The first kappa shape index (κ1) is 51.7. The molecule has 1 N–H and O–H groups in total. The number of anilines is 1. The van der Waals surface area contributed by atoms with E-state index in [1.807, 2.05) is 6.07 Å². The first-order chi connectivity index (χ1) is 29.5. The number of carbonyl (C=O) groups is 3. The van der Waals surface area contributed by atoms with Crippen molar-refractivity contribution in [2.45, 2.75) is 61.5 Å². The Labute approximate surface area is 383 Å². The number of sulfonamides is 2. The van der Waals surface area contributed by atoms with Crippen molar-refractivity contribution >= 4 is 105 Å². The molecular weight excluding hydrogens is 971 g/mol. The molecule has 14 nitrogen and oxygen atoms in total. The van der Waals surface area contributed by atoms with E-state index in [1.165, 1.54) is 34.6 Å². The molecule has 0 radical (unpaired) electrons. The number of nitrogens with zero attached hydrogens (tertiary/aromatic N) is 3. The second kappa shape index (κ2) is 23.3. The van der Waals surface area contributed by atoms with E-state index in [4.69, 9.17) is 21.1 Å². The molecule has 0 spiro atoms. The maximum atomic E-state index is 14.3. The molecule has 0 unspecified atom stereocenters. The van der Waals surface area contributed by atoms with Gasteiger partial charge in [0.15, 0.2) is 0 Å². The summed E-state index contributed by atoms with van der Waals surface area (Å²) in [6, 6.07) is 23.8. The van der Waals surface area contributed by atoms with E-state index in [-0.39, 0.29) is 70.4 Å². The fourth-order valence-electron chi connectivity index (χ4n) is 6.21. The number of nitrogens with one attached hydrogen (secondary N) is 1. The predicted molar refractivity (Wildman–Crippen MR) is 238 cm³/mol. The third-order valence-electron chi connectivity index (χ3n) is 9.10. The van der Waals surface area contributed by atoms with Crippen molar-refractivity contribution < 1.29 is 54.0 Å². The van der Waals surface area contributed by atoms with Crippen LogP contribution in [0.25, 0.3) is 0 Å². The summed E-state index contributed by atoms with van der Waals surface area (Å²) in [6.07, 6.45) is 0.948. The second-order valence-corrected chi connectivity index (χ2v) is 24.5. The molecule has 2 aliphatic heterocycles. The van der Waals surface area contributed by atoms with E-state index in [1.54, 1.807) is 54.6 Å². The van der Waals surface area contributed by atoms with E-state index >= 15 is 0 Å². The highest BCUT2D eigenvalue weighted by Gasteiger charge is 2.33. The Hall–Kier alpha value is -3.97. The molecule has 1 amide bonds. The van der Waals surface area contributed by atoms with Crippen molar-refractivity contribution in [1.29, 1.82) is 0 Å². The average molecular weight is 1010 g/mol. The van der Waals surface area contributed by atoms with Crippen molar-refractivity contribution in [3.63, 3.8) is 0 Å². The van der Waals surface area contributed by atoms with Crippen LogP contribution >= 0.6 is 50.5 Å². The Morgan fingerprint density at radius 1 is 0.667 bits per heavy atom. The number of rotatable bonds is 10. The third kappa shape index (κ3) is 16.2. The van der Waals surface area contributed by atoms with Gasteiger partial charge in [-0.2, -0.15) is 8.61 Å². The Morgan fingerprint density at radius 3 is 1.46 bits per heavy atom. The van der Waals surface area contributed by atoms with Crippen LogP contribution in [0.3, 0.4) is 0 Å². The fraction of sp³-hybridized carbons (Fsp3) is 0.300. The largest absolute Gasteiger partial charge is 0.462 e. The van der Waals surface area contributed by atoms with Crippen LogP contribution in [0.5, 0.6) is 0 Å². The number of para-hydroxylation sites is 2. The fourth-order valence-corrected chi connectivity index (χ4v) is 9.44. The minimum absolute atomic E-state index is 0.0683. The van der Waals surface area contributed by atoms with Crippen molar-refractivity contribution in [3.05, 3.63) is 120 Å². The van der Waals surface area contributed by atoms with Crippen LogP contribution in [-0.4, -0.2) is 86.8 Å². The maximum Gasteiger partial charge on any atom is 0.339 e. The highest BCUT2D eigenvalue weighted by molar-refractivity contribution is 8.24. The van der Waals surface area contributed by atoms with E-state index in [0.717, 1.165) is 24.3 Å². The van der Waals surface area contributed by atoms with Gasteiger partial charge in [-0.25, -0.2) is 30.6 Å². The first-order valence-corrected chi connectivity index (χ1v) is 26.5. The lowest BCUT2D eigenvalue weighted by atomic mass is 10.1.